The summed E-state index contributed by atoms with van der Waals surface area (Å²) in [6.07, 6.45) is 0. The molecule has 18 heavy (non-hydrogen) atoms. The molecule has 0 aliphatic heterocycles. The molecule has 1 rings (SSSR count). The Morgan fingerprint density at radius 2 is 2.00 bits per heavy atom. The van der Waals surface area contributed by atoms with E-state index in [0.717, 1.165) is 0 Å². The quantitative estimate of drug-likeness (QED) is 0.594. The van der Waals surface area contributed by atoms with Crippen LogP contribution in [0.1, 0.15) is 24.2 Å². The number of benzene rings is 1. The molecule has 0 spiro atoms. The van der Waals surface area contributed by atoms with Crippen molar-refractivity contribution in [3.63, 3.8) is 0 Å². The highest BCUT2D eigenvalue weighted by Gasteiger charge is 2.23. The molecule has 0 atom stereocenters. The fourth-order valence-electron chi connectivity index (χ4n) is 1.65. The highest BCUT2D eigenvalue weighted by molar-refractivity contribution is 5.98. The number of hydrogen-bond acceptors (Lipinski definition) is 4. The van der Waals surface area contributed by atoms with E-state index in [0.29, 0.717) is 18.8 Å². The molecule has 0 heterocycles. The van der Waals surface area contributed by atoms with E-state index >= 15 is 0 Å². The second-order valence-electron chi connectivity index (χ2n) is 3.62. The van der Waals surface area contributed by atoms with Gasteiger partial charge >= 0.3 is 0 Å². The van der Waals surface area contributed by atoms with Crippen LogP contribution < -0.4 is 4.74 Å². The maximum absolute atomic E-state index is 12.2. The van der Waals surface area contributed by atoms with E-state index in [-0.39, 0.29) is 17.2 Å². The van der Waals surface area contributed by atoms with E-state index in [2.05, 4.69) is 0 Å². The molecule has 1 amide bonds. The number of hydrogen-bond donors (Lipinski definition) is 0. The predicted octanol–water partition coefficient (Wildman–Crippen LogP) is 2.09. The SMILES string of the molecule is CCN(CC)C(=O)c1cc(OC)ccc1[N+](=O)[O-]. The first-order chi connectivity index (χ1) is 8.54. The summed E-state index contributed by atoms with van der Waals surface area (Å²) in [5.41, 5.74) is -0.143. The summed E-state index contributed by atoms with van der Waals surface area (Å²) in [6.45, 7) is 4.66. The van der Waals surface area contributed by atoms with Crippen molar-refractivity contribution >= 4 is 11.6 Å². The lowest BCUT2D eigenvalue weighted by molar-refractivity contribution is -0.385. The van der Waals surface area contributed by atoms with Gasteiger partial charge in [0.15, 0.2) is 0 Å². The zero-order valence-electron chi connectivity index (χ0n) is 10.7. The van der Waals surface area contributed by atoms with Crippen molar-refractivity contribution in [3.05, 3.63) is 33.9 Å². The third kappa shape index (κ3) is 2.77. The highest BCUT2D eigenvalue weighted by atomic mass is 16.6. The zero-order chi connectivity index (χ0) is 13.7. The fourth-order valence-corrected chi connectivity index (χ4v) is 1.65. The van der Waals surface area contributed by atoms with E-state index in [4.69, 9.17) is 4.74 Å². The van der Waals surface area contributed by atoms with Crippen molar-refractivity contribution < 1.29 is 14.5 Å². The molecule has 0 saturated heterocycles. The van der Waals surface area contributed by atoms with Gasteiger partial charge in [-0.1, -0.05) is 0 Å². The third-order valence-electron chi connectivity index (χ3n) is 2.68. The molecular formula is C12H16N2O4. The first-order valence-electron chi connectivity index (χ1n) is 5.66. The van der Waals surface area contributed by atoms with Crippen LogP contribution >= 0.6 is 0 Å². The highest BCUT2D eigenvalue weighted by Crippen LogP contribution is 2.25. The van der Waals surface area contributed by atoms with Crippen molar-refractivity contribution in [2.75, 3.05) is 20.2 Å². The molecule has 6 nitrogen and oxygen atoms in total. The number of nitro benzene ring substituents is 1. The number of rotatable bonds is 5. The van der Waals surface area contributed by atoms with E-state index < -0.39 is 4.92 Å². The Labute approximate surface area is 105 Å². The van der Waals surface area contributed by atoms with Crippen LogP contribution in [0, 0.1) is 10.1 Å². The topological polar surface area (TPSA) is 72.7 Å². The summed E-state index contributed by atoms with van der Waals surface area (Å²) in [6, 6.07) is 4.16. The van der Waals surface area contributed by atoms with Gasteiger partial charge in [0.05, 0.1) is 12.0 Å². The van der Waals surface area contributed by atoms with Crippen LogP contribution in [0.3, 0.4) is 0 Å². The first-order valence-corrected chi connectivity index (χ1v) is 5.66. The van der Waals surface area contributed by atoms with Crippen LogP contribution in [0.25, 0.3) is 0 Å². The van der Waals surface area contributed by atoms with Gasteiger partial charge in [-0.25, -0.2) is 0 Å². The second kappa shape index (κ2) is 6.00. The van der Waals surface area contributed by atoms with Crippen LogP contribution in [0.15, 0.2) is 18.2 Å². The van der Waals surface area contributed by atoms with Gasteiger partial charge in [-0.05, 0) is 26.0 Å². The normalized spacial score (nSPS) is 9.94. The van der Waals surface area contributed by atoms with Gasteiger partial charge in [-0.2, -0.15) is 0 Å². The number of methoxy groups -OCH3 is 1. The average molecular weight is 252 g/mol. The fraction of sp³-hybridized carbons (Fsp3) is 0.417. The number of carbonyl (C=O) groups excluding carboxylic acids is 1. The van der Waals surface area contributed by atoms with E-state index in [9.17, 15) is 14.9 Å². The number of nitrogens with zero attached hydrogens (tertiary/aromatic N) is 2. The molecule has 6 heteroatoms. The average Bonchev–Trinajstić information content (AvgIpc) is 2.39. The summed E-state index contributed by atoms with van der Waals surface area (Å²) in [4.78, 5) is 24.1. The Bertz CT molecular complexity index is 455. The van der Waals surface area contributed by atoms with Gasteiger partial charge < -0.3 is 9.64 Å². The molecule has 1 aromatic carbocycles. The summed E-state index contributed by atoms with van der Waals surface area (Å²) < 4.78 is 4.99. The van der Waals surface area contributed by atoms with Gasteiger partial charge in [0.25, 0.3) is 11.6 Å². The minimum Gasteiger partial charge on any atom is -0.497 e. The lowest BCUT2D eigenvalue weighted by atomic mass is 10.1. The zero-order valence-corrected chi connectivity index (χ0v) is 10.7. The van der Waals surface area contributed by atoms with Gasteiger partial charge in [0, 0.05) is 19.2 Å². The van der Waals surface area contributed by atoms with Crippen molar-refractivity contribution in [1.82, 2.24) is 4.90 Å². The Balaban J connectivity index is 3.26. The second-order valence-corrected chi connectivity index (χ2v) is 3.62. The van der Waals surface area contributed by atoms with Crippen molar-refractivity contribution in [2.45, 2.75) is 13.8 Å². The number of nitro groups is 1. The summed E-state index contributed by atoms with van der Waals surface area (Å²) in [7, 11) is 1.45. The molecule has 0 aliphatic carbocycles. The predicted molar refractivity (Wildman–Crippen MR) is 66.9 cm³/mol. The molecule has 0 saturated carbocycles. The van der Waals surface area contributed by atoms with Crippen molar-refractivity contribution in [3.8, 4) is 5.75 Å². The van der Waals surface area contributed by atoms with Gasteiger partial charge in [0.2, 0.25) is 0 Å². The minimum absolute atomic E-state index is 0.0584. The van der Waals surface area contributed by atoms with E-state index in [1.165, 1.54) is 30.2 Å². The van der Waals surface area contributed by atoms with Gasteiger partial charge in [-0.3, -0.25) is 14.9 Å². The molecule has 0 bridgehead atoms. The van der Waals surface area contributed by atoms with Crippen molar-refractivity contribution in [1.29, 1.82) is 0 Å². The standard InChI is InChI=1S/C12H16N2O4/c1-4-13(5-2)12(15)10-8-9(18-3)6-7-11(10)14(16)17/h6-8H,4-5H2,1-3H3. The minimum atomic E-state index is -0.559. The largest absolute Gasteiger partial charge is 0.497 e. The van der Waals surface area contributed by atoms with Gasteiger partial charge in [-0.15, -0.1) is 0 Å². The molecular weight excluding hydrogens is 236 g/mol. The maximum atomic E-state index is 12.2. The molecule has 0 radical (unpaired) electrons. The molecule has 0 N–H and O–H groups in total. The maximum Gasteiger partial charge on any atom is 0.282 e. The number of ether oxygens (including phenoxy) is 1. The van der Waals surface area contributed by atoms with Crippen LogP contribution in [-0.2, 0) is 0 Å². The molecule has 0 aliphatic rings. The lowest BCUT2D eigenvalue weighted by Gasteiger charge is -2.18. The van der Waals surface area contributed by atoms with Crippen molar-refractivity contribution in [2.24, 2.45) is 0 Å². The molecule has 98 valence electrons. The van der Waals surface area contributed by atoms with Crippen LogP contribution in [0.5, 0.6) is 5.75 Å². The number of amides is 1. The van der Waals surface area contributed by atoms with Crippen LogP contribution in [-0.4, -0.2) is 35.9 Å². The van der Waals surface area contributed by atoms with Crippen LogP contribution in [0.2, 0.25) is 0 Å². The lowest BCUT2D eigenvalue weighted by Crippen LogP contribution is -2.31. The Kier molecular flexibility index (Phi) is 4.65. The monoisotopic (exact) mass is 252 g/mol. The Hall–Kier alpha value is -2.11. The molecule has 1 aromatic rings. The molecule has 0 fully saturated rings. The molecule has 0 aromatic heterocycles. The van der Waals surface area contributed by atoms with E-state index in [1.807, 2.05) is 13.8 Å². The summed E-state index contributed by atoms with van der Waals surface area (Å²) in [5.74, 6) is 0.0710. The Morgan fingerprint density at radius 1 is 1.39 bits per heavy atom. The Morgan fingerprint density at radius 3 is 2.44 bits per heavy atom. The first kappa shape index (κ1) is 14.0. The summed E-state index contributed by atoms with van der Waals surface area (Å²) >= 11 is 0. The molecule has 0 unspecified atom stereocenters. The summed E-state index contributed by atoms with van der Waals surface area (Å²) in [5, 5.41) is 10.9. The van der Waals surface area contributed by atoms with E-state index in [1.54, 1.807) is 0 Å². The third-order valence-corrected chi connectivity index (χ3v) is 2.68. The smallest absolute Gasteiger partial charge is 0.282 e. The van der Waals surface area contributed by atoms with Gasteiger partial charge in [0.1, 0.15) is 11.3 Å². The van der Waals surface area contributed by atoms with Crippen LogP contribution in [0.4, 0.5) is 5.69 Å². The number of carbonyl (C=O) groups is 1.